The van der Waals surface area contributed by atoms with Crippen molar-refractivity contribution in [2.45, 2.75) is 22.9 Å². The average Bonchev–Trinajstić information content (AvgIpc) is 3.30. The molecule has 2 atom stereocenters. The molecule has 0 saturated carbocycles. The highest BCUT2D eigenvalue weighted by molar-refractivity contribution is 14.1. The third-order valence-electron chi connectivity index (χ3n) is 5.50. The summed E-state index contributed by atoms with van der Waals surface area (Å²) in [4.78, 5) is 20.9. The molecular weight excluding hydrogens is 497 g/mol. The highest BCUT2D eigenvalue weighted by atomic mass is 127. The molecule has 3 fully saturated rings. The van der Waals surface area contributed by atoms with Gasteiger partial charge in [0.05, 0.1) is 20.7 Å². The number of hydrogen-bond donors (Lipinski definition) is 1. The van der Waals surface area contributed by atoms with Crippen molar-refractivity contribution in [1.29, 1.82) is 0 Å². The van der Waals surface area contributed by atoms with Crippen LogP contribution in [0.5, 0.6) is 0 Å². The lowest BCUT2D eigenvalue weighted by Crippen LogP contribution is -2.61. The molecule has 8 heteroatoms. The SMILES string of the molecule is O=C(NC1C2CCN(CC2)C1I)c1cccc2oc(-c3sccc3Cl)nc12. The number of fused-ring (bicyclic) bond motifs is 4. The van der Waals surface area contributed by atoms with Crippen LogP contribution in [0.15, 0.2) is 34.1 Å². The van der Waals surface area contributed by atoms with Gasteiger partial charge in [-0.05, 0) is 55.4 Å². The van der Waals surface area contributed by atoms with Crippen molar-refractivity contribution in [3.05, 3.63) is 40.2 Å². The van der Waals surface area contributed by atoms with E-state index in [4.69, 9.17) is 16.0 Å². The normalized spacial score (nSPS) is 27.2. The zero-order chi connectivity index (χ0) is 18.5. The first-order chi connectivity index (χ1) is 13.1. The molecule has 3 aliphatic rings. The third-order valence-corrected chi connectivity index (χ3v) is 8.39. The molecule has 0 radical (unpaired) electrons. The van der Waals surface area contributed by atoms with Crippen LogP contribution in [0.1, 0.15) is 23.2 Å². The molecular formula is C19H17ClIN3O2S. The number of rotatable bonds is 3. The molecule has 1 aromatic carbocycles. The maximum absolute atomic E-state index is 13.1. The van der Waals surface area contributed by atoms with E-state index in [1.54, 1.807) is 0 Å². The molecule has 3 aliphatic heterocycles. The van der Waals surface area contributed by atoms with Crippen LogP contribution in [-0.2, 0) is 0 Å². The van der Waals surface area contributed by atoms with E-state index in [2.05, 4.69) is 37.8 Å². The number of amides is 1. The van der Waals surface area contributed by atoms with E-state index in [-0.39, 0.29) is 11.9 Å². The van der Waals surface area contributed by atoms with Crippen molar-refractivity contribution < 1.29 is 9.21 Å². The second-order valence-electron chi connectivity index (χ2n) is 7.01. The number of thiophene rings is 1. The number of para-hydroxylation sites is 1. The van der Waals surface area contributed by atoms with E-state index in [0.29, 0.717) is 37.5 Å². The van der Waals surface area contributed by atoms with Crippen LogP contribution in [0.25, 0.3) is 21.9 Å². The number of aromatic nitrogens is 1. The van der Waals surface area contributed by atoms with Gasteiger partial charge in [0.2, 0.25) is 5.89 Å². The van der Waals surface area contributed by atoms with E-state index in [1.807, 2.05) is 29.6 Å². The van der Waals surface area contributed by atoms with Crippen molar-refractivity contribution in [2.24, 2.45) is 5.92 Å². The Morgan fingerprint density at radius 1 is 1.33 bits per heavy atom. The van der Waals surface area contributed by atoms with Crippen LogP contribution in [-0.4, -0.2) is 39.0 Å². The summed E-state index contributed by atoms with van der Waals surface area (Å²) in [5.41, 5.74) is 1.73. The van der Waals surface area contributed by atoms with Gasteiger partial charge in [-0.2, -0.15) is 0 Å². The quantitative estimate of drug-likeness (QED) is 0.311. The topological polar surface area (TPSA) is 58.4 Å². The van der Waals surface area contributed by atoms with Crippen molar-refractivity contribution in [1.82, 2.24) is 15.2 Å². The summed E-state index contributed by atoms with van der Waals surface area (Å²) in [5.74, 6) is 0.927. The number of carbonyl (C=O) groups excluding carboxylic acids is 1. The molecule has 140 valence electrons. The highest BCUT2D eigenvalue weighted by Crippen LogP contribution is 2.37. The molecule has 5 heterocycles. The van der Waals surface area contributed by atoms with Gasteiger partial charge in [0.1, 0.15) is 10.4 Å². The lowest BCUT2D eigenvalue weighted by Gasteiger charge is -2.48. The van der Waals surface area contributed by atoms with E-state index in [0.717, 1.165) is 30.8 Å². The summed E-state index contributed by atoms with van der Waals surface area (Å²) in [7, 11) is 0. The number of benzene rings is 1. The van der Waals surface area contributed by atoms with Gasteiger partial charge in [0.25, 0.3) is 5.91 Å². The van der Waals surface area contributed by atoms with E-state index >= 15 is 0 Å². The second kappa shape index (κ2) is 7.02. The number of carbonyl (C=O) groups is 1. The van der Waals surface area contributed by atoms with Gasteiger partial charge in [-0.3, -0.25) is 9.69 Å². The summed E-state index contributed by atoms with van der Waals surface area (Å²) in [6, 6.07) is 7.47. The average molecular weight is 514 g/mol. The van der Waals surface area contributed by atoms with Gasteiger partial charge in [-0.1, -0.05) is 40.3 Å². The number of nitrogens with one attached hydrogen (secondary N) is 1. The second-order valence-corrected chi connectivity index (χ2v) is 9.61. The van der Waals surface area contributed by atoms with Crippen LogP contribution in [0, 0.1) is 5.92 Å². The fraction of sp³-hybridized carbons (Fsp3) is 0.368. The Morgan fingerprint density at radius 2 is 2.15 bits per heavy atom. The zero-order valence-electron chi connectivity index (χ0n) is 14.3. The Hall–Kier alpha value is -1.16. The Morgan fingerprint density at radius 3 is 2.85 bits per heavy atom. The zero-order valence-corrected chi connectivity index (χ0v) is 18.1. The van der Waals surface area contributed by atoms with Gasteiger partial charge in [0.15, 0.2) is 5.58 Å². The Kier molecular flexibility index (Phi) is 4.66. The van der Waals surface area contributed by atoms with Gasteiger partial charge in [0, 0.05) is 0 Å². The van der Waals surface area contributed by atoms with Crippen LogP contribution >= 0.6 is 45.5 Å². The molecule has 0 spiro atoms. The van der Waals surface area contributed by atoms with Crippen molar-refractivity contribution in [2.75, 3.05) is 13.1 Å². The number of alkyl halides is 1. The van der Waals surface area contributed by atoms with E-state index in [9.17, 15) is 4.79 Å². The molecule has 1 N–H and O–H groups in total. The fourth-order valence-corrected chi connectivity index (χ4v) is 6.45. The predicted molar refractivity (Wildman–Crippen MR) is 116 cm³/mol. The molecule has 27 heavy (non-hydrogen) atoms. The molecule has 6 rings (SSSR count). The third kappa shape index (κ3) is 3.08. The van der Waals surface area contributed by atoms with Crippen LogP contribution in [0.2, 0.25) is 5.02 Å². The Bertz CT molecular complexity index is 1010. The van der Waals surface area contributed by atoms with Gasteiger partial charge in [-0.15, -0.1) is 11.3 Å². The monoisotopic (exact) mass is 513 g/mol. The molecule has 2 aromatic heterocycles. The number of hydrogen-bond acceptors (Lipinski definition) is 5. The lowest BCUT2D eigenvalue weighted by molar-refractivity contribution is 0.0554. The number of nitrogens with zero attached hydrogens (tertiary/aromatic N) is 2. The lowest BCUT2D eigenvalue weighted by atomic mass is 9.84. The molecule has 2 unspecified atom stereocenters. The minimum absolute atomic E-state index is 0.0851. The summed E-state index contributed by atoms with van der Waals surface area (Å²) in [5, 5.41) is 5.78. The van der Waals surface area contributed by atoms with Crippen molar-refractivity contribution in [3.63, 3.8) is 0 Å². The van der Waals surface area contributed by atoms with Crippen LogP contribution in [0.4, 0.5) is 0 Å². The van der Waals surface area contributed by atoms with Crippen LogP contribution < -0.4 is 5.32 Å². The molecule has 1 amide bonds. The minimum Gasteiger partial charge on any atom is -0.435 e. The summed E-state index contributed by atoms with van der Waals surface area (Å²) in [6.45, 7) is 2.27. The van der Waals surface area contributed by atoms with Crippen molar-refractivity contribution in [3.8, 4) is 10.8 Å². The maximum Gasteiger partial charge on any atom is 0.253 e. The maximum atomic E-state index is 13.1. The predicted octanol–water partition coefficient (Wildman–Crippen LogP) is 4.79. The van der Waals surface area contributed by atoms with Crippen molar-refractivity contribution >= 4 is 62.5 Å². The summed E-state index contributed by atoms with van der Waals surface area (Å²) < 4.78 is 6.21. The molecule has 0 aliphatic carbocycles. The number of piperidine rings is 3. The molecule has 5 nitrogen and oxygen atoms in total. The van der Waals surface area contributed by atoms with Gasteiger partial charge < -0.3 is 9.73 Å². The Balaban J connectivity index is 1.47. The number of oxazole rings is 1. The first-order valence-corrected chi connectivity index (χ1v) is 11.4. The van der Waals surface area contributed by atoms with E-state index in [1.165, 1.54) is 11.3 Å². The molecule has 3 aromatic rings. The first-order valence-electron chi connectivity index (χ1n) is 8.94. The first kappa shape index (κ1) is 17.9. The highest BCUT2D eigenvalue weighted by Gasteiger charge is 2.41. The fourth-order valence-electron chi connectivity index (χ4n) is 4.07. The number of halogens is 2. The Labute approximate surface area is 179 Å². The summed E-state index contributed by atoms with van der Waals surface area (Å²) >= 11 is 10.1. The standard InChI is InChI=1S/C19H17ClIN3O2S/c20-12-6-9-27-16(12)19-23-15-11(2-1-3-13(15)26-19)18(25)22-14-10-4-7-24(8-5-10)17(14)21/h1-3,6,9-10,14,17H,4-5,7-8H2,(H,22,25). The van der Waals surface area contributed by atoms with E-state index < -0.39 is 0 Å². The largest absolute Gasteiger partial charge is 0.435 e. The molecule has 2 bridgehead atoms. The van der Waals surface area contributed by atoms with Gasteiger partial charge >= 0.3 is 0 Å². The minimum atomic E-state index is -0.0851. The smallest absolute Gasteiger partial charge is 0.253 e. The van der Waals surface area contributed by atoms with Gasteiger partial charge in [-0.25, -0.2) is 4.98 Å². The summed E-state index contributed by atoms with van der Waals surface area (Å²) in [6.07, 6.45) is 2.30. The molecule has 3 saturated heterocycles. The van der Waals surface area contributed by atoms with Crippen LogP contribution in [0.3, 0.4) is 0 Å².